The fourth-order valence-electron chi connectivity index (χ4n) is 3.85. The summed E-state index contributed by atoms with van der Waals surface area (Å²) in [5.41, 5.74) is 5.21. The van der Waals surface area contributed by atoms with Crippen LogP contribution in [0, 0.1) is 6.92 Å². The number of carbonyl (C=O) groups is 1. The average Bonchev–Trinajstić information content (AvgIpc) is 3.08. The van der Waals surface area contributed by atoms with Gasteiger partial charge in [0.2, 0.25) is 15.9 Å². The minimum absolute atomic E-state index is 0.195. The molecular formula is C22H28N2O3S. The Morgan fingerprint density at radius 2 is 1.79 bits per heavy atom. The van der Waals surface area contributed by atoms with E-state index in [1.165, 1.54) is 21.9 Å². The molecule has 0 saturated carbocycles. The minimum atomic E-state index is -3.61. The number of anilines is 1. The summed E-state index contributed by atoms with van der Waals surface area (Å²) in [5.74, 6) is -0.320. The molecule has 1 aliphatic rings. The first kappa shape index (κ1) is 20.4. The van der Waals surface area contributed by atoms with E-state index in [1.54, 1.807) is 25.1 Å². The van der Waals surface area contributed by atoms with Crippen LogP contribution < -0.4 is 9.62 Å². The molecule has 0 fully saturated rings. The maximum Gasteiger partial charge on any atom is 0.244 e. The molecule has 1 amide bonds. The van der Waals surface area contributed by atoms with Crippen LogP contribution in [-0.2, 0) is 27.7 Å². The topological polar surface area (TPSA) is 66.5 Å². The van der Waals surface area contributed by atoms with Gasteiger partial charge in [-0.1, -0.05) is 30.3 Å². The number of sulfonamides is 1. The first-order valence-corrected chi connectivity index (χ1v) is 11.5. The standard InChI is InChI=1S/C22H28N2O3S/c1-15-7-5-10-21(13-15)24(28(4,26)27)17(3)22(25)23-16(2)19-12-11-18-8-6-9-20(18)14-19/h5,7,10-14,16-17H,6,8-9H2,1-4H3,(H,23,25). The summed E-state index contributed by atoms with van der Waals surface area (Å²) in [6, 6.07) is 12.5. The second-order valence-electron chi connectivity index (χ2n) is 7.69. The molecule has 150 valence electrons. The molecule has 0 radical (unpaired) electrons. The summed E-state index contributed by atoms with van der Waals surface area (Å²) >= 11 is 0. The summed E-state index contributed by atoms with van der Waals surface area (Å²) < 4.78 is 26.0. The average molecular weight is 401 g/mol. The van der Waals surface area contributed by atoms with Crippen LogP contribution in [0.5, 0.6) is 0 Å². The SMILES string of the molecule is Cc1cccc(N(C(C)C(=O)NC(C)c2ccc3c(c2)CCC3)S(C)(=O)=O)c1. The Kier molecular flexibility index (Phi) is 5.79. The Bertz CT molecular complexity index is 985. The van der Waals surface area contributed by atoms with Crippen LogP contribution >= 0.6 is 0 Å². The van der Waals surface area contributed by atoms with Crippen LogP contribution in [0.3, 0.4) is 0 Å². The summed E-state index contributed by atoms with van der Waals surface area (Å²) in [4.78, 5) is 12.9. The molecule has 0 heterocycles. The van der Waals surface area contributed by atoms with Crippen molar-refractivity contribution in [1.29, 1.82) is 0 Å². The highest BCUT2D eigenvalue weighted by Crippen LogP contribution is 2.26. The van der Waals surface area contributed by atoms with Crippen molar-refractivity contribution >= 4 is 21.6 Å². The Labute approximate surface area is 167 Å². The molecule has 0 aromatic heterocycles. The van der Waals surface area contributed by atoms with Crippen molar-refractivity contribution in [2.45, 2.75) is 52.1 Å². The maximum atomic E-state index is 12.9. The van der Waals surface area contributed by atoms with E-state index < -0.39 is 16.1 Å². The molecule has 3 rings (SSSR count). The predicted molar refractivity (Wildman–Crippen MR) is 113 cm³/mol. The Morgan fingerprint density at radius 3 is 2.46 bits per heavy atom. The largest absolute Gasteiger partial charge is 0.348 e. The van der Waals surface area contributed by atoms with Gasteiger partial charge in [-0.3, -0.25) is 9.10 Å². The highest BCUT2D eigenvalue weighted by Gasteiger charge is 2.30. The summed E-state index contributed by atoms with van der Waals surface area (Å²) in [5, 5.41) is 2.98. The van der Waals surface area contributed by atoms with Crippen molar-refractivity contribution in [2.75, 3.05) is 10.6 Å². The van der Waals surface area contributed by atoms with E-state index in [1.807, 2.05) is 19.9 Å². The van der Waals surface area contributed by atoms with Crippen molar-refractivity contribution in [3.63, 3.8) is 0 Å². The molecule has 2 aromatic rings. The fourth-order valence-corrected chi connectivity index (χ4v) is 5.02. The van der Waals surface area contributed by atoms with Gasteiger partial charge in [-0.2, -0.15) is 0 Å². The van der Waals surface area contributed by atoms with Gasteiger partial charge < -0.3 is 5.32 Å². The monoisotopic (exact) mass is 400 g/mol. The van der Waals surface area contributed by atoms with E-state index in [-0.39, 0.29) is 11.9 Å². The van der Waals surface area contributed by atoms with Crippen LogP contribution in [0.25, 0.3) is 0 Å². The quantitative estimate of drug-likeness (QED) is 0.807. The van der Waals surface area contributed by atoms with Crippen LogP contribution in [-0.4, -0.2) is 26.6 Å². The molecule has 6 heteroatoms. The predicted octanol–water partition coefficient (Wildman–Crippen LogP) is 3.52. The van der Waals surface area contributed by atoms with Gasteiger partial charge in [-0.15, -0.1) is 0 Å². The molecule has 0 saturated heterocycles. The van der Waals surface area contributed by atoms with E-state index in [2.05, 4.69) is 23.5 Å². The molecule has 0 aliphatic heterocycles. The van der Waals surface area contributed by atoms with Gasteiger partial charge in [0.05, 0.1) is 18.0 Å². The van der Waals surface area contributed by atoms with Crippen LogP contribution in [0.1, 0.15) is 48.6 Å². The zero-order chi connectivity index (χ0) is 20.5. The number of carbonyl (C=O) groups excluding carboxylic acids is 1. The van der Waals surface area contributed by atoms with Gasteiger partial charge in [0.25, 0.3) is 0 Å². The lowest BCUT2D eigenvalue weighted by molar-refractivity contribution is -0.122. The molecule has 1 aliphatic carbocycles. The van der Waals surface area contributed by atoms with E-state index in [9.17, 15) is 13.2 Å². The third-order valence-electron chi connectivity index (χ3n) is 5.33. The maximum absolute atomic E-state index is 12.9. The number of rotatable bonds is 6. The number of fused-ring (bicyclic) bond motifs is 1. The van der Waals surface area contributed by atoms with Crippen molar-refractivity contribution in [1.82, 2.24) is 5.32 Å². The summed E-state index contributed by atoms with van der Waals surface area (Å²) in [6.45, 7) is 5.44. The number of benzene rings is 2. The third kappa shape index (κ3) is 4.38. The lowest BCUT2D eigenvalue weighted by Crippen LogP contribution is -2.48. The number of nitrogens with zero attached hydrogens (tertiary/aromatic N) is 1. The van der Waals surface area contributed by atoms with Crippen molar-refractivity contribution in [3.8, 4) is 0 Å². The first-order valence-electron chi connectivity index (χ1n) is 9.65. The highest BCUT2D eigenvalue weighted by atomic mass is 32.2. The molecule has 2 unspecified atom stereocenters. The molecular weight excluding hydrogens is 372 g/mol. The molecule has 1 N–H and O–H groups in total. The number of hydrogen-bond acceptors (Lipinski definition) is 3. The van der Waals surface area contributed by atoms with Crippen LogP contribution in [0.4, 0.5) is 5.69 Å². The fraction of sp³-hybridized carbons (Fsp3) is 0.409. The van der Waals surface area contributed by atoms with E-state index in [0.29, 0.717) is 5.69 Å². The van der Waals surface area contributed by atoms with Gasteiger partial charge >= 0.3 is 0 Å². The smallest absolute Gasteiger partial charge is 0.244 e. The van der Waals surface area contributed by atoms with Gasteiger partial charge in [0.1, 0.15) is 6.04 Å². The lowest BCUT2D eigenvalue weighted by Gasteiger charge is -2.29. The lowest BCUT2D eigenvalue weighted by atomic mass is 10.0. The van der Waals surface area contributed by atoms with Crippen molar-refractivity contribution in [2.24, 2.45) is 0 Å². The van der Waals surface area contributed by atoms with Crippen molar-refractivity contribution in [3.05, 3.63) is 64.7 Å². The van der Waals surface area contributed by atoms with Gasteiger partial charge in [0, 0.05) is 0 Å². The molecule has 0 bridgehead atoms. The van der Waals surface area contributed by atoms with Gasteiger partial charge in [0.15, 0.2) is 0 Å². The molecule has 2 aromatic carbocycles. The first-order chi connectivity index (χ1) is 13.2. The molecule has 5 nitrogen and oxygen atoms in total. The summed E-state index contributed by atoms with van der Waals surface area (Å²) in [7, 11) is -3.61. The number of nitrogens with one attached hydrogen (secondary N) is 1. The zero-order valence-electron chi connectivity index (χ0n) is 16.9. The molecule has 2 atom stereocenters. The molecule has 28 heavy (non-hydrogen) atoms. The van der Waals surface area contributed by atoms with Gasteiger partial charge in [-0.05, 0) is 74.4 Å². The minimum Gasteiger partial charge on any atom is -0.348 e. The Morgan fingerprint density at radius 1 is 1.07 bits per heavy atom. The molecule has 0 spiro atoms. The van der Waals surface area contributed by atoms with E-state index in [4.69, 9.17) is 0 Å². The number of hydrogen-bond donors (Lipinski definition) is 1. The number of aryl methyl sites for hydroxylation is 3. The number of amides is 1. The second-order valence-corrected chi connectivity index (χ2v) is 9.55. The van der Waals surface area contributed by atoms with Crippen LogP contribution in [0.15, 0.2) is 42.5 Å². The Balaban J connectivity index is 1.79. The van der Waals surface area contributed by atoms with E-state index in [0.717, 1.165) is 30.2 Å². The summed E-state index contributed by atoms with van der Waals surface area (Å²) in [6.07, 6.45) is 4.50. The second kappa shape index (κ2) is 7.95. The van der Waals surface area contributed by atoms with Gasteiger partial charge in [-0.25, -0.2) is 8.42 Å². The Hall–Kier alpha value is -2.34. The van der Waals surface area contributed by atoms with Crippen molar-refractivity contribution < 1.29 is 13.2 Å². The highest BCUT2D eigenvalue weighted by molar-refractivity contribution is 7.92. The van der Waals surface area contributed by atoms with E-state index >= 15 is 0 Å². The zero-order valence-corrected chi connectivity index (χ0v) is 17.7. The third-order valence-corrected chi connectivity index (χ3v) is 6.57. The van der Waals surface area contributed by atoms with Crippen LogP contribution in [0.2, 0.25) is 0 Å². The normalized spacial score (nSPS) is 15.6.